The summed E-state index contributed by atoms with van der Waals surface area (Å²) in [7, 11) is 0. The van der Waals surface area contributed by atoms with Gasteiger partial charge in [0.2, 0.25) is 0 Å². The van der Waals surface area contributed by atoms with Crippen LogP contribution in [0.5, 0.6) is 5.75 Å². The number of phenols is 1. The molecule has 2 atom stereocenters. The molecule has 0 radical (unpaired) electrons. The fourth-order valence-corrected chi connectivity index (χ4v) is 3.07. The Morgan fingerprint density at radius 2 is 2.10 bits per heavy atom. The second-order valence-corrected chi connectivity index (χ2v) is 5.71. The first-order chi connectivity index (χ1) is 10.0. The van der Waals surface area contributed by atoms with Crippen molar-refractivity contribution in [2.24, 2.45) is 0 Å². The molecule has 0 fully saturated rings. The van der Waals surface area contributed by atoms with Crippen LogP contribution in [0.1, 0.15) is 50.7 Å². The number of aryl methyl sites for hydroxylation is 1. The zero-order valence-electron chi connectivity index (χ0n) is 13.3. The summed E-state index contributed by atoms with van der Waals surface area (Å²) in [5, 5.41) is 10.00. The number of carbonyl (C=O) groups excluding carboxylic acids is 1. The summed E-state index contributed by atoms with van der Waals surface area (Å²) in [5.41, 5.74) is 2.75. The summed E-state index contributed by atoms with van der Waals surface area (Å²) in [6.45, 7) is 9.18. The lowest BCUT2D eigenvalue weighted by Gasteiger charge is -2.26. The van der Waals surface area contributed by atoms with Gasteiger partial charge in [-0.2, -0.15) is 0 Å². The van der Waals surface area contributed by atoms with Crippen LogP contribution in [0.3, 0.4) is 0 Å². The number of ether oxygens (including phenoxy) is 1. The molecule has 1 aromatic carbocycles. The number of hydrogen-bond acceptors (Lipinski definition) is 4. The van der Waals surface area contributed by atoms with Crippen molar-refractivity contribution < 1.29 is 14.6 Å². The highest BCUT2D eigenvalue weighted by molar-refractivity contribution is 5.86. The van der Waals surface area contributed by atoms with Crippen LogP contribution < -0.4 is 4.90 Å². The average molecular weight is 291 g/mol. The van der Waals surface area contributed by atoms with Gasteiger partial charge in [-0.05, 0) is 44.4 Å². The van der Waals surface area contributed by atoms with Gasteiger partial charge in [0.05, 0.1) is 6.61 Å². The van der Waals surface area contributed by atoms with E-state index in [2.05, 4.69) is 18.7 Å². The molecule has 0 spiro atoms. The molecular weight excluding hydrogens is 266 g/mol. The number of phenolic OH excluding ortho intramolecular Hbond substituents is 1. The molecule has 1 aliphatic rings. The number of rotatable bonds is 5. The van der Waals surface area contributed by atoms with Crippen LogP contribution in [0.15, 0.2) is 12.1 Å². The van der Waals surface area contributed by atoms with Gasteiger partial charge in [-0.15, -0.1) is 0 Å². The minimum absolute atomic E-state index is 0.0619. The van der Waals surface area contributed by atoms with Gasteiger partial charge in [0.1, 0.15) is 11.7 Å². The normalized spacial score (nSPS) is 20.5. The van der Waals surface area contributed by atoms with E-state index in [1.54, 1.807) is 6.07 Å². The number of nitrogens with zero attached hydrogens (tertiary/aromatic N) is 1. The Morgan fingerprint density at radius 1 is 1.38 bits per heavy atom. The molecule has 0 saturated heterocycles. The van der Waals surface area contributed by atoms with Crippen LogP contribution in [-0.2, 0) is 9.53 Å². The highest BCUT2D eigenvalue weighted by Gasteiger charge is 2.41. The molecule has 116 valence electrons. The number of fused-ring (bicyclic) bond motifs is 1. The van der Waals surface area contributed by atoms with Crippen LogP contribution in [0.4, 0.5) is 5.69 Å². The molecule has 2 rings (SSSR count). The highest BCUT2D eigenvalue weighted by Crippen LogP contribution is 2.44. The van der Waals surface area contributed by atoms with E-state index >= 15 is 0 Å². The summed E-state index contributed by atoms with van der Waals surface area (Å²) in [6, 6.07) is 3.77. The second kappa shape index (κ2) is 6.37. The summed E-state index contributed by atoms with van der Waals surface area (Å²) < 4.78 is 5.25. The minimum Gasteiger partial charge on any atom is -0.508 e. The molecule has 2 unspecified atom stereocenters. The van der Waals surface area contributed by atoms with E-state index in [9.17, 15) is 9.90 Å². The molecule has 4 heteroatoms. The Morgan fingerprint density at radius 3 is 2.71 bits per heavy atom. The number of benzene rings is 1. The topological polar surface area (TPSA) is 49.8 Å². The molecule has 0 bridgehead atoms. The lowest BCUT2D eigenvalue weighted by molar-refractivity contribution is -0.145. The number of hydrogen-bond donors (Lipinski definition) is 1. The summed E-state index contributed by atoms with van der Waals surface area (Å²) in [5.74, 6) is -0.154. The number of carbonyl (C=O) groups is 1. The van der Waals surface area contributed by atoms with Gasteiger partial charge in [-0.25, -0.2) is 0 Å². The number of anilines is 1. The molecule has 0 amide bonds. The lowest BCUT2D eigenvalue weighted by Crippen LogP contribution is -2.35. The van der Waals surface area contributed by atoms with Crippen molar-refractivity contribution in [1.82, 2.24) is 0 Å². The van der Waals surface area contributed by atoms with Crippen molar-refractivity contribution in [3.05, 3.63) is 23.3 Å². The molecule has 0 aliphatic carbocycles. The molecule has 1 aromatic rings. The Kier molecular flexibility index (Phi) is 4.76. The monoisotopic (exact) mass is 291 g/mol. The maximum absolute atomic E-state index is 12.3. The van der Waals surface area contributed by atoms with E-state index in [0.717, 1.165) is 36.2 Å². The maximum atomic E-state index is 12.3. The zero-order chi connectivity index (χ0) is 15.6. The zero-order valence-corrected chi connectivity index (χ0v) is 13.3. The van der Waals surface area contributed by atoms with Crippen molar-refractivity contribution in [2.45, 2.75) is 52.5 Å². The number of esters is 1. The molecular formula is C17H25NO3. The summed E-state index contributed by atoms with van der Waals surface area (Å²) >= 11 is 0. The van der Waals surface area contributed by atoms with Gasteiger partial charge in [0, 0.05) is 24.3 Å². The van der Waals surface area contributed by atoms with E-state index in [4.69, 9.17) is 4.74 Å². The number of aromatic hydroxyl groups is 1. The molecule has 21 heavy (non-hydrogen) atoms. The van der Waals surface area contributed by atoms with Crippen molar-refractivity contribution in [3.8, 4) is 5.75 Å². The third-order valence-electron chi connectivity index (χ3n) is 4.26. The van der Waals surface area contributed by atoms with E-state index in [1.165, 1.54) is 0 Å². The molecule has 1 N–H and O–H groups in total. The first-order valence-electron chi connectivity index (χ1n) is 7.78. The smallest absolute Gasteiger partial charge is 0.315 e. The first kappa shape index (κ1) is 15.7. The van der Waals surface area contributed by atoms with Crippen LogP contribution in [0.2, 0.25) is 0 Å². The third-order valence-corrected chi connectivity index (χ3v) is 4.26. The van der Waals surface area contributed by atoms with Crippen molar-refractivity contribution >= 4 is 11.7 Å². The third kappa shape index (κ3) is 2.85. The van der Waals surface area contributed by atoms with Gasteiger partial charge in [0.15, 0.2) is 0 Å². The van der Waals surface area contributed by atoms with Crippen molar-refractivity contribution in [3.63, 3.8) is 0 Å². The highest BCUT2D eigenvalue weighted by atomic mass is 16.5. The van der Waals surface area contributed by atoms with Crippen molar-refractivity contribution in [2.75, 3.05) is 18.1 Å². The van der Waals surface area contributed by atoms with Gasteiger partial charge in [0.25, 0.3) is 0 Å². The van der Waals surface area contributed by atoms with Gasteiger partial charge in [-0.1, -0.05) is 13.3 Å². The fraction of sp³-hybridized carbons (Fsp3) is 0.588. The van der Waals surface area contributed by atoms with Crippen LogP contribution >= 0.6 is 0 Å². The first-order valence-corrected chi connectivity index (χ1v) is 7.78. The van der Waals surface area contributed by atoms with Gasteiger partial charge in [-0.3, -0.25) is 4.79 Å². The Hall–Kier alpha value is -1.71. The Balaban J connectivity index is 2.42. The fourth-order valence-electron chi connectivity index (χ4n) is 3.07. The van der Waals surface area contributed by atoms with Crippen molar-refractivity contribution in [1.29, 1.82) is 0 Å². The quantitative estimate of drug-likeness (QED) is 0.845. The van der Waals surface area contributed by atoms with Gasteiger partial charge < -0.3 is 14.7 Å². The maximum Gasteiger partial charge on any atom is 0.315 e. The predicted molar refractivity (Wildman–Crippen MR) is 83.9 cm³/mol. The standard InChI is InChI=1S/C17H25NO3/c1-5-7-8-18-12(4)16(17(20)21-6-2)13-9-11(3)15(19)10-14(13)18/h9-10,12,16,19H,5-8H2,1-4H3. The average Bonchev–Trinajstić information content (AvgIpc) is 2.69. The Labute approximate surface area is 126 Å². The predicted octanol–water partition coefficient (Wildman–Crippen LogP) is 3.36. The molecule has 4 nitrogen and oxygen atoms in total. The minimum atomic E-state index is -0.267. The molecule has 0 aromatic heterocycles. The van der Waals surface area contributed by atoms with Crippen LogP contribution in [0, 0.1) is 6.92 Å². The van der Waals surface area contributed by atoms with Crippen LogP contribution in [0.25, 0.3) is 0 Å². The molecule has 0 saturated carbocycles. The largest absolute Gasteiger partial charge is 0.508 e. The Bertz CT molecular complexity index is 527. The number of unbranched alkanes of at least 4 members (excludes halogenated alkanes) is 1. The molecule has 1 heterocycles. The van der Waals surface area contributed by atoms with Crippen LogP contribution in [-0.4, -0.2) is 30.3 Å². The van der Waals surface area contributed by atoms with E-state index < -0.39 is 0 Å². The van der Waals surface area contributed by atoms with E-state index in [0.29, 0.717) is 6.61 Å². The summed E-state index contributed by atoms with van der Waals surface area (Å²) in [4.78, 5) is 14.5. The van der Waals surface area contributed by atoms with Gasteiger partial charge >= 0.3 is 5.97 Å². The second-order valence-electron chi connectivity index (χ2n) is 5.71. The summed E-state index contributed by atoms with van der Waals surface area (Å²) in [6.07, 6.45) is 2.16. The molecule has 1 aliphatic heterocycles. The van der Waals surface area contributed by atoms with E-state index in [1.807, 2.05) is 19.9 Å². The lowest BCUT2D eigenvalue weighted by atomic mass is 9.94. The van der Waals surface area contributed by atoms with E-state index in [-0.39, 0.29) is 23.7 Å². The SMILES string of the molecule is CCCCN1c2cc(O)c(C)cc2C(C(=O)OCC)C1C.